The molecule has 0 aromatic heterocycles. The van der Waals surface area contributed by atoms with Crippen molar-refractivity contribution in [2.24, 2.45) is 0 Å². The third-order valence-corrected chi connectivity index (χ3v) is 5.01. The van der Waals surface area contributed by atoms with E-state index in [2.05, 4.69) is 6.92 Å². The molecule has 0 radical (unpaired) electrons. The Labute approximate surface area is 172 Å². The molecule has 0 saturated heterocycles. The third-order valence-electron chi connectivity index (χ3n) is 5.01. The molecule has 3 nitrogen and oxygen atoms in total. The molecule has 0 aliphatic carbocycles. The number of ether oxygens (including phenoxy) is 1. The van der Waals surface area contributed by atoms with Gasteiger partial charge in [0.05, 0.1) is 12.7 Å². The number of unbranched alkanes of at least 4 members (excludes halogenated alkanes) is 9. The molecule has 158 valence electrons. The lowest BCUT2D eigenvalue weighted by Gasteiger charge is -2.17. The van der Waals surface area contributed by atoms with Gasteiger partial charge in [0.25, 0.3) is 0 Å². The molecule has 0 spiro atoms. The van der Waals surface area contributed by atoms with Gasteiger partial charge in [0, 0.05) is 6.42 Å². The topological polar surface area (TPSA) is 46.5 Å². The van der Waals surface area contributed by atoms with Crippen LogP contribution in [0.15, 0.2) is 42.5 Å². The normalized spacial score (nSPS) is 13.7. The van der Waals surface area contributed by atoms with Crippen molar-refractivity contribution < 1.29 is 14.6 Å². The summed E-state index contributed by atoms with van der Waals surface area (Å²) in [6.07, 6.45) is 15.4. The molecule has 0 fully saturated rings. The number of aliphatic hydroxyl groups excluding tert-OH is 1. The number of aliphatic hydroxyl groups is 1. The van der Waals surface area contributed by atoms with E-state index in [4.69, 9.17) is 4.74 Å². The fourth-order valence-electron chi connectivity index (χ4n) is 3.19. The average Bonchev–Trinajstić information content (AvgIpc) is 2.70. The molecule has 0 aliphatic rings. The van der Waals surface area contributed by atoms with Gasteiger partial charge >= 0.3 is 0 Å². The molecule has 0 saturated carbocycles. The lowest BCUT2D eigenvalue weighted by Crippen LogP contribution is -2.24. The first-order valence-corrected chi connectivity index (χ1v) is 11.2. The highest BCUT2D eigenvalue weighted by molar-refractivity contribution is 5.89. The maximum absolute atomic E-state index is 12.1. The lowest BCUT2D eigenvalue weighted by atomic mass is 10.0. The SMILES string of the molecule is CCCCCCCCCCCCC(=O)/C=C/[C@H](OCc1ccccc1)[C@@H](C)O. The Hall–Kier alpha value is -1.45. The van der Waals surface area contributed by atoms with E-state index < -0.39 is 12.2 Å². The van der Waals surface area contributed by atoms with E-state index in [1.54, 1.807) is 19.1 Å². The van der Waals surface area contributed by atoms with Crippen molar-refractivity contribution in [1.82, 2.24) is 0 Å². The molecule has 1 aromatic rings. The summed E-state index contributed by atoms with van der Waals surface area (Å²) in [6, 6.07) is 9.85. The summed E-state index contributed by atoms with van der Waals surface area (Å²) in [6.45, 7) is 4.36. The molecule has 0 bridgehead atoms. The van der Waals surface area contributed by atoms with Gasteiger partial charge in [-0.3, -0.25) is 4.79 Å². The van der Waals surface area contributed by atoms with Gasteiger partial charge in [-0.15, -0.1) is 0 Å². The molecular formula is C25H40O3. The minimum atomic E-state index is -0.648. The maximum atomic E-state index is 12.1. The first-order chi connectivity index (χ1) is 13.6. The van der Waals surface area contributed by atoms with E-state index in [0.29, 0.717) is 13.0 Å². The second-order valence-corrected chi connectivity index (χ2v) is 7.76. The van der Waals surface area contributed by atoms with Crippen molar-refractivity contribution in [3.8, 4) is 0 Å². The first kappa shape index (κ1) is 24.6. The summed E-state index contributed by atoms with van der Waals surface area (Å²) < 4.78 is 5.76. The first-order valence-electron chi connectivity index (χ1n) is 11.2. The van der Waals surface area contributed by atoms with Crippen molar-refractivity contribution in [1.29, 1.82) is 0 Å². The number of hydrogen-bond donors (Lipinski definition) is 1. The Kier molecular flexibility index (Phi) is 14.5. The number of hydrogen-bond acceptors (Lipinski definition) is 3. The van der Waals surface area contributed by atoms with Crippen LogP contribution in [0.5, 0.6) is 0 Å². The van der Waals surface area contributed by atoms with Crippen LogP contribution in [0.1, 0.15) is 90.0 Å². The van der Waals surface area contributed by atoms with Crippen molar-refractivity contribution in [3.63, 3.8) is 0 Å². The molecule has 0 unspecified atom stereocenters. The summed E-state index contributed by atoms with van der Waals surface area (Å²) in [7, 11) is 0. The molecule has 0 aliphatic heterocycles. The van der Waals surface area contributed by atoms with E-state index in [1.165, 1.54) is 51.4 Å². The fraction of sp³-hybridized carbons (Fsp3) is 0.640. The summed E-state index contributed by atoms with van der Waals surface area (Å²) in [4.78, 5) is 12.1. The standard InChI is InChI=1S/C25H40O3/c1-3-4-5-6-7-8-9-10-11-15-18-24(27)19-20-25(22(2)26)28-21-23-16-13-12-14-17-23/h12-14,16-17,19-20,22,25-26H,3-11,15,18,21H2,1-2H3/b20-19+/t22-,25+/m1/s1. The van der Waals surface area contributed by atoms with Crippen LogP contribution >= 0.6 is 0 Å². The van der Waals surface area contributed by atoms with Crippen molar-refractivity contribution in [2.45, 2.75) is 103 Å². The minimum Gasteiger partial charge on any atom is -0.390 e. The van der Waals surface area contributed by atoms with Crippen molar-refractivity contribution >= 4 is 5.78 Å². The van der Waals surface area contributed by atoms with Gasteiger partial charge < -0.3 is 9.84 Å². The third kappa shape index (κ3) is 12.9. The van der Waals surface area contributed by atoms with Gasteiger partial charge in [-0.2, -0.15) is 0 Å². The smallest absolute Gasteiger partial charge is 0.155 e. The zero-order valence-electron chi connectivity index (χ0n) is 17.9. The van der Waals surface area contributed by atoms with Crippen LogP contribution in [0, 0.1) is 0 Å². The predicted octanol–water partition coefficient (Wildman–Crippen LogP) is 6.39. The summed E-state index contributed by atoms with van der Waals surface area (Å²) in [5.74, 6) is 0.119. The number of benzene rings is 1. The molecule has 0 heterocycles. The van der Waals surface area contributed by atoms with E-state index in [0.717, 1.165) is 18.4 Å². The second kappa shape index (κ2) is 16.5. The van der Waals surface area contributed by atoms with Crippen LogP contribution in [0.4, 0.5) is 0 Å². The Bertz CT molecular complexity index is 522. The van der Waals surface area contributed by atoms with Crippen LogP contribution < -0.4 is 0 Å². The molecule has 2 atom stereocenters. The number of rotatable bonds is 17. The van der Waals surface area contributed by atoms with Crippen LogP contribution in [-0.2, 0) is 16.1 Å². The average molecular weight is 389 g/mol. The molecular weight excluding hydrogens is 348 g/mol. The predicted molar refractivity (Wildman–Crippen MR) is 117 cm³/mol. The Morgan fingerprint density at radius 3 is 2.11 bits per heavy atom. The van der Waals surface area contributed by atoms with Gasteiger partial charge in [-0.05, 0) is 31.1 Å². The highest BCUT2D eigenvalue weighted by atomic mass is 16.5. The van der Waals surface area contributed by atoms with Crippen LogP contribution in [-0.4, -0.2) is 23.1 Å². The highest BCUT2D eigenvalue weighted by Gasteiger charge is 2.12. The van der Waals surface area contributed by atoms with E-state index in [9.17, 15) is 9.90 Å². The molecule has 3 heteroatoms. The van der Waals surface area contributed by atoms with E-state index >= 15 is 0 Å². The number of allylic oxidation sites excluding steroid dienone is 1. The minimum absolute atomic E-state index is 0.119. The zero-order chi connectivity index (χ0) is 20.5. The summed E-state index contributed by atoms with van der Waals surface area (Å²) in [5, 5.41) is 9.88. The van der Waals surface area contributed by atoms with Gasteiger partial charge in [0.1, 0.15) is 6.10 Å². The molecule has 28 heavy (non-hydrogen) atoms. The highest BCUT2D eigenvalue weighted by Crippen LogP contribution is 2.12. The van der Waals surface area contributed by atoms with Crippen LogP contribution in [0.2, 0.25) is 0 Å². The largest absolute Gasteiger partial charge is 0.390 e. The Morgan fingerprint density at radius 1 is 0.964 bits per heavy atom. The molecule has 1 rings (SSSR count). The number of carbonyl (C=O) groups is 1. The van der Waals surface area contributed by atoms with Gasteiger partial charge in [-0.25, -0.2) is 0 Å². The van der Waals surface area contributed by atoms with Gasteiger partial charge in [0.15, 0.2) is 5.78 Å². The van der Waals surface area contributed by atoms with Crippen LogP contribution in [0.3, 0.4) is 0 Å². The Balaban J connectivity index is 2.13. The van der Waals surface area contributed by atoms with E-state index in [1.807, 2.05) is 30.3 Å². The lowest BCUT2D eigenvalue weighted by molar-refractivity contribution is -0.114. The number of carbonyl (C=O) groups excluding carboxylic acids is 1. The second-order valence-electron chi connectivity index (χ2n) is 7.76. The van der Waals surface area contributed by atoms with Crippen LogP contribution in [0.25, 0.3) is 0 Å². The molecule has 1 N–H and O–H groups in total. The summed E-state index contributed by atoms with van der Waals surface area (Å²) >= 11 is 0. The monoisotopic (exact) mass is 388 g/mol. The summed E-state index contributed by atoms with van der Waals surface area (Å²) in [5.41, 5.74) is 1.05. The number of ketones is 1. The molecule has 1 aromatic carbocycles. The maximum Gasteiger partial charge on any atom is 0.155 e. The fourth-order valence-corrected chi connectivity index (χ4v) is 3.19. The quantitative estimate of drug-likeness (QED) is 0.248. The van der Waals surface area contributed by atoms with Crippen molar-refractivity contribution in [2.75, 3.05) is 0 Å². The molecule has 0 amide bonds. The van der Waals surface area contributed by atoms with Gasteiger partial charge in [-0.1, -0.05) is 95.0 Å². The zero-order valence-corrected chi connectivity index (χ0v) is 17.9. The Morgan fingerprint density at radius 2 is 1.54 bits per heavy atom. The van der Waals surface area contributed by atoms with Crippen molar-refractivity contribution in [3.05, 3.63) is 48.0 Å². The van der Waals surface area contributed by atoms with E-state index in [-0.39, 0.29) is 5.78 Å². The van der Waals surface area contributed by atoms with Gasteiger partial charge in [0.2, 0.25) is 0 Å².